The normalized spacial score (nSPS) is 21.5. The first-order valence-electron chi connectivity index (χ1n) is 13.6. The number of nitrogens with one attached hydrogen (secondary N) is 2. The van der Waals surface area contributed by atoms with Gasteiger partial charge in [0.05, 0.1) is 19.8 Å². The fraction of sp³-hybridized carbons (Fsp3) is 0.483. The number of rotatable bonds is 4. The van der Waals surface area contributed by atoms with Crippen LogP contribution in [-0.4, -0.2) is 48.7 Å². The molecule has 0 spiro atoms. The molecule has 0 aliphatic carbocycles. The zero-order valence-electron chi connectivity index (χ0n) is 22.5. The maximum Gasteiger partial charge on any atom is 0.166 e. The van der Waals surface area contributed by atoms with Crippen LogP contribution in [0, 0.1) is 6.92 Å². The molecule has 9 heteroatoms. The number of nitrogens with two attached hydrogens (primary N) is 2. The molecule has 2 bridgehead atoms. The summed E-state index contributed by atoms with van der Waals surface area (Å²) in [6, 6.07) is 10.5. The van der Waals surface area contributed by atoms with Crippen LogP contribution in [0.4, 0.5) is 0 Å². The van der Waals surface area contributed by atoms with Crippen LogP contribution in [-0.2, 0) is 11.3 Å². The van der Waals surface area contributed by atoms with Crippen molar-refractivity contribution in [1.82, 2.24) is 15.3 Å². The lowest BCUT2D eigenvalue weighted by Crippen LogP contribution is -2.40. The van der Waals surface area contributed by atoms with Gasteiger partial charge in [-0.25, -0.2) is 5.84 Å². The SMILES string of the molecule is COc1cc(C)c2[nH]ccc2c1CN1CCC2C[C@H]1c1ccc(/C(=N/N)NN)cc1OCCCCCCO2. The Morgan fingerprint density at radius 2 is 2.03 bits per heavy atom. The molecule has 1 saturated heterocycles. The first-order valence-corrected chi connectivity index (χ1v) is 13.6. The van der Waals surface area contributed by atoms with Gasteiger partial charge in [0.15, 0.2) is 5.84 Å². The molecule has 2 aliphatic rings. The van der Waals surface area contributed by atoms with Gasteiger partial charge in [0, 0.05) is 59.5 Å². The van der Waals surface area contributed by atoms with Crippen molar-refractivity contribution in [2.24, 2.45) is 16.8 Å². The zero-order chi connectivity index (χ0) is 26.5. The van der Waals surface area contributed by atoms with E-state index in [0.717, 1.165) is 86.4 Å². The number of aryl methyl sites for hydroxylation is 1. The molecular formula is C29H40N6O3. The summed E-state index contributed by atoms with van der Waals surface area (Å²) in [6.07, 6.45) is 8.48. The van der Waals surface area contributed by atoms with Gasteiger partial charge in [-0.2, -0.15) is 5.10 Å². The Kier molecular flexibility index (Phi) is 8.36. The summed E-state index contributed by atoms with van der Waals surface area (Å²) < 4.78 is 18.7. The van der Waals surface area contributed by atoms with Gasteiger partial charge in [0.2, 0.25) is 0 Å². The number of hydrazine groups is 1. The van der Waals surface area contributed by atoms with Crippen LogP contribution in [0.1, 0.15) is 66.8 Å². The van der Waals surface area contributed by atoms with Crippen molar-refractivity contribution < 1.29 is 14.2 Å². The van der Waals surface area contributed by atoms with E-state index in [4.69, 9.17) is 25.9 Å². The third-order valence-electron chi connectivity index (χ3n) is 7.92. The Morgan fingerprint density at radius 1 is 1.18 bits per heavy atom. The van der Waals surface area contributed by atoms with E-state index in [9.17, 15) is 0 Å². The fourth-order valence-corrected chi connectivity index (χ4v) is 5.90. The number of piperidine rings is 1. The number of hydrogen-bond donors (Lipinski definition) is 4. The van der Waals surface area contributed by atoms with Gasteiger partial charge in [0.1, 0.15) is 11.5 Å². The van der Waals surface area contributed by atoms with Gasteiger partial charge in [-0.05, 0) is 62.8 Å². The predicted octanol–water partition coefficient (Wildman–Crippen LogP) is 4.24. The average molecular weight is 521 g/mol. The summed E-state index contributed by atoms with van der Waals surface area (Å²) in [5.41, 5.74) is 8.06. The topological polar surface area (TPSA) is 123 Å². The number of fused-ring (bicyclic) bond motifs is 5. The van der Waals surface area contributed by atoms with Crippen LogP contribution in [0.25, 0.3) is 10.9 Å². The van der Waals surface area contributed by atoms with Crippen molar-refractivity contribution in [3.8, 4) is 11.5 Å². The van der Waals surface area contributed by atoms with E-state index in [1.807, 2.05) is 18.3 Å². The first-order chi connectivity index (χ1) is 18.6. The number of methoxy groups -OCH3 is 1. The summed E-state index contributed by atoms with van der Waals surface area (Å²) in [6.45, 7) is 5.27. The number of hydrogen-bond acceptors (Lipinski definition) is 7. The molecule has 1 unspecified atom stereocenters. The van der Waals surface area contributed by atoms with E-state index in [-0.39, 0.29) is 12.1 Å². The molecule has 3 aromatic rings. The fourth-order valence-electron chi connectivity index (χ4n) is 5.90. The van der Waals surface area contributed by atoms with Gasteiger partial charge in [-0.3, -0.25) is 4.90 Å². The highest BCUT2D eigenvalue weighted by atomic mass is 16.5. The number of hydrazone groups is 1. The predicted molar refractivity (Wildman–Crippen MR) is 150 cm³/mol. The van der Waals surface area contributed by atoms with E-state index in [1.54, 1.807) is 7.11 Å². The van der Waals surface area contributed by atoms with E-state index < -0.39 is 0 Å². The van der Waals surface area contributed by atoms with Crippen molar-refractivity contribution in [3.05, 3.63) is 58.8 Å². The van der Waals surface area contributed by atoms with Gasteiger partial charge in [-0.15, -0.1) is 0 Å². The highest BCUT2D eigenvalue weighted by Crippen LogP contribution is 2.41. The third kappa shape index (κ3) is 5.45. The zero-order valence-corrected chi connectivity index (χ0v) is 22.5. The number of aromatic nitrogens is 1. The summed E-state index contributed by atoms with van der Waals surface area (Å²) in [4.78, 5) is 5.95. The second-order valence-corrected chi connectivity index (χ2v) is 10.3. The van der Waals surface area contributed by atoms with Gasteiger partial charge < -0.3 is 30.5 Å². The monoisotopic (exact) mass is 520 g/mol. The second kappa shape index (κ2) is 12.1. The van der Waals surface area contributed by atoms with Gasteiger partial charge >= 0.3 is 0 Å². The first kappa shape index (κ1) is 26.3. The number of nitrogens with zero attached hydrogens (tertiary/aromatic N) is 2. The van der Waals surface area contributed by atoms with Crippen LogP contribution in [0.5, 0.6) is 11.5 Å². The molecule has 2 aliphatic heterocycles. The Bertz CT molecular complexity index is 1270. The standard InChI is InChI=1S/C29H40N6O3/c1-19-15-26(36-2)24(22-9-11-32-28(19)22)18-35-12-10-21-17-25(35)23-8-7-20(29(33-30)34-31)16-27(23)38-14-6-4-3-5-13-37-21/h7-9,11,15-16,21,25,32H,3-6,10,12-14,17-18,30-31H2,1-2H3,(H,33,34)/t21?,25-/m0/s1. The largest absolute Gasteiger partial charge is 0.496 e. The number of likely N-dealkylation sites (tertiary alicyclic amines) is 1. The van der Waals surface area contributed by atoms with E-state index in [1.165, 1.54) is 16.5 Å². The van der Waals surface area contributed by atoms with E-state index in [0.29, 0.717) is 12.4 Å². The lowest BCUT2D eigenvalue weighted by Gasteiger charge is -2.40. The summed E-state index contributed by atoms with van der Waals surface area (Å²) >= 11 is 0. The van der Waals surface area contributed by atoms with Crippen LogP contribution in [0.15, 0.2) is 41.6 Å². The Labute approximate surface area is 224 Å². The lowest BCUT2D eigenvalue weighted by atomic mass is 9.90. The molecule has 1 fully saturated rings. The number of ether oxygens (including phenoxy) is 3. The average Bonchev–Trinajstić information content (AvgIpc) is 3.44. The number of amidine groups is 1. The quantitative estimate of drug-likeness (QED) is 0.176. The molecule has 6 N–H and O–H groups in total. The second-order valence-electron chi connectivity index (χ2n) is 10.3. The number of aromatic amines is 1. The third-order valence-corrected chi connectivity index (χ3v) is 7.92. The Morgan fingerprint density at radius 3 is 2.82 bits per heavy atom. The maximum atomic E-state index is 6.43. The molecule has 3 heterocycles. The summed E-state index contributed by atoms with van der Waals surface area (Å²) in [5, 5.41) is 5.01. The molecule has 38 heavy (non-hydrogen) atoms. The molecule has 204 valence electrons. The van der Waals surface area contributed by atoms with Crippen molar-refractivity contribution in [1.29, 1.82) is 0 Å². The molecule has 2 aromatic carbocycles. The van der Waals surface area contributed by atoms with E-state index in [2.05, 4.69) is 45.5 Å². The minimum Gasteiger partial charge on any atom is -0.496 e. The molecular weight excluding hydrogens is 480 g/mol. The van der Waals surface area contributed by atoms with Crippen LogP contribution in [0.2, 0.25) is 0 Å². The molecule has 0 amide bonds. The van der Waals surface area contributed by atoms with Crippen LogP contribution in [0.3, 0.4) is 0 Å². The molecule has 0 saturated carbocycles. The molecule has 5 rings (SSSR count). The van der Waals surface area contributed by atoms with E-state index >= 15 is 0 Å². The van der Waals surface area contributed by atoms with Crippen molar-refractivity contribution in [2.45, 2.75) is 64.1 Å². The Hall–Kier alpha value is -3.27. The minimum atomic E-state index is 0.114. The smallest absolute Gasteiger partial charge is 0.166 e. The highest BCUT2D eigenvalue weighted by molar-refractivity contribution is 5.98. The molecule has 1 aromatic heterocycles. The molecule has 9 nitrogen and oxygen atoms in total. The number of benzene rings is 2. The summed E-state index contributed by atoms with van der Waals surface area (Å²) in [5.74, 6) is 13.4. The summed E-state index contributed by atoms with van der Waals surface area (Å²) in [7, 11) is 1.75. The van der Waals surface area contributed by atoms with Crippen molar-refractivity contribution in [3.63, 3.8) is 0 Å². The van der Waals surface area contributed by atoms with Crippen molar-refractivity contribution >= 4 is 16.7 Å². The van der Waals surface area contributed by atoms with Crippen LogP contribution >= 0.6 is 0 Å². The maximum absolute atomic E-state index is 6.43. The number of H-pyrrole nitrogens is 1. The van der Waals surface area contributed by atoms with Crippen LogP contribution < -0.4 is 26.6 Å². The molecule has 2 atom stereocenters. The molecule has 0 radical (unpaired) electrons. The van der Waals surface area contributed by atoms with Gasteiger partial charge in [0.25, 0.3) is 0 Å². The highest BCUT2D eigenvalue weighted by Gasteiger charge is 2.33. The van der Waals surface area contributed by atoms with Gasteiger partial charge in [-0.1, -0.05) is 18.6 Å². The van der Waals surface area contributed by atoms with Crippen molar-refractivity contribution in [2.75, 3.05) is 26.9 Å². The minimum absolute atomic E-state index is 0.114. The Balaban J connectivity index is 1.55. The lowest BCUT2D eigenvalue weighted by molar-refractivity contribution is -0.0203.